The number of hydrogen-bond donors (Lipinski definition) is 5. The first-order valence-electron chi connectivity index (χ1n) is 26.6. The van der Waals surface area contributed by atoms with E-state index in [4.69, 9.17) is 0 Å². The maximum absolute atomic E-state index is 12.5. The largest absolute Gasteiger partial charge is 0.394 e. The summed E-state index contributed by atoms with van der Waals surface area (Å²) in [5.74, 6) is -0.588. The molecule has 0 heterocycles. The van der Waals surface area contributed by atoms with Gasteiger partial charge < -0.3 is 25.7 Å². The van der Waals surface area contributed by atoms with Gasteiger partial charge in [-0.1, -0.05) is 264 Å². The molecular formula is C53H105NO5. The molecule has 0 bridgehead atoms. The van der Waals surface area contributed by atoms with Crippen LogP contribution in [0.2, 0.25) is 0 Å². The van der Waals surface area contributed by atoms with Crippen molar-refractivity contribution in [3.8, 4) is 0 Å². The monoisotopic (exact) mass is 836 g/mol. The Morgan fingerprint density at radius 2 is 0.695 bits per heavy atom. The van der Waals surface area contributed by atoms with Gasteiger partial charge in [-0.15, -0.1) is 0 Å². The van der Waals surface area contributed by atoms with Crippen molar-refractivity contribution in [1.29, 1.82) is 0 Å². The van der Waals surface area contributed by atoms with E-state index in [9.17, 15) is 25.2 Å². The van der Waals surface area contributed by atoms with Gasteiger partial charge in [0.05, 0.1) is 18.8 Å². The molecule has 0 aliphatic heterocycles. The van der Waals surface area contributed by atoms with E-state index in [2.05, 4.69) is 31.3 Å². The Morgan fingerprint density at radius 3 is 1.02 bits per heavy atom. The molecule has 59 heavy (non-hydrogen) atoms. The Labute approximate surface area is 368 Å². The molecular weight excluding hydrogens is 731 g/mol. The molecule has 6 nitrogen and oxygen atoms in total. The summed E-state index contributed by atoms with van der Waals surface area (Å²) >= 11 is 0. The van der Waals surface area contributed by atoms with Gasteiger partial charge in [0.2, 0.25) is 5.91 Å². The molecule has 0 radical (unpaired) electrons. The number of carbonyl (C=O) groups excluding carboxylic acids is 1. The van der Waals surface area contributed by atoms with Gasteiger partial charge in [-0.25, -0.2) is 0 Å². The van der Waals surface area contributed by atoms with Gasteiger partial charge in [0.25, 0.3) is 0 Å². The number of aliphatic hydroxyl groups is 4. The molecule has 0 fully saturated rings. The van der Waals surface area contributed by atoms with Crippen molar-refractivity contribution < 1.29 is 25.2 Å². The fraction of sp³-hybridized carbons (Fsp3) is 0.943. The number of allylic oxidation sites excluding steroid dienone is 2. The Bertz CT molecular complexity index is 852. The van der Waals surface area contributed by atoms with Gasteiger partial charge in [-0.2, -0.15) is 0 Å². The first kappa shape index (κ1) is 58.0. The highest BCUT2D eigenvalue weighted by Gasteiger charge is 2.28. The molecule has 4 atom stereocenters. The number of hydrogen-bond acceptors (Lipinski definition) is 5. The molecule has 0 aromatic carbocycles. The van der Waals surface area contributed by atoms with E-state index < -0.39 is 36.9 Å². The van der Waals surface area contributed by atoms with Crippen LogP contribution in [0.15, 0.2) is 12.2 Å². The Morgan fingerprint density at radius 1 is 0.407 bits per heavy atom. The Hall–Kier alpha value is -0.950. The van der Waals surface area contributed by atoms with Crippen LogP contribution in [0.5, 0.6) is 0 Å². The minimum absolute atomic E-state index is 0.368. The molecule has 0 saturated carbocycles. The van der Waals surface area contributed by atoms with Gasteiger partial charge >= 0.3 is 0 Å². The fourth-order valence-electron chi connectivity index (χ4n) is 8.53. The van der Waals surface area contributed by atoms with Crippen LogP contribution in [0.25, 0.3) is 0 Å². The van der Waals surface area contributed by atoms with Crippen molar-refractivity contribution in [2.45, 2.75) is 314 Å². The maximum Gasteiger partial charge on any atom is 0.249 e. The summed E-state index contributed by atoms with van der Waals surface area (Å²) in [6, 6.07) is -0.997. The third kappa shape index (κ3) is 42.1. The lowest BCUT2D eigenvalue weighted by molar-refractivity contribution is -0.132. The van der Waals surface area contributed by atoms with Crippen LogP contribution < -0.4 is 5.32 Å². The Balaban J connectivity index is 3.56. The smallest absolute Gasteiger partial charge is 0.249 e. The van der Waals surface area contributed by atoms with E-state index in [1.807, 2.05) is 0 Å². The molecule has 4 unspecified atom stereocenters. The highest BCUT2D eigenvalue weighted by Crippen LogP contribution is 2.18. The number of amides is 1. The molecule has 352 valence electrons. The van der Waals surface area contributed by atoms with Gasteiger partial charge in [0.15, 0.2) is 0 Å². The van der Waals surface area contributed by atoms with E-state index in [0.29, 0.717) is 12.8 Å². The minimum atomic E-state index is -1.28. The zero-order valence-corrected chi connectivity index (χ0v) is 39.8. The quantitative estimate of drug-likeness (QED) is 0.0310. The number of rotatable bonds is 49. The average molecular weight is 836 g/mol. The van der Waals surface area contributed by atoms with Gasteiger partial charge in [-0.3, -0.25) is 4.79 Å². The first-order valence-corrected chi connectivity index (χ1v) is 26.6. The lowest BCUT2D eigenvalue weighted by atomic mass is 10.00. The predicted molar refractivity (Wildman–Crippen MR) is 256 cm³/mol. The van der Waals surface area contributed by atoms with Gasteiger partial charge in [-0.05, 0) is 38.5 Å². The van der Waals surface area contributed by atoms with E-state index in [-0.39, 0.29) is 0 Å². The minimum Gasteiger partial charge on any atom is -0.394 e. The maximum atomic E-state index is 12.5. The van der Waals surface area contributed by atoms with E-state index in [1.165, 1.54) is 225 Å². The molecule has 0 rings (SSSR count). The Kier molecular flexibility index (Phi) is 47.3. The summed E-state index contributed by atoms with van der Waals surface area (Å²) in [4.78, 5) is 12.5. The lowest BCUT2D eigenvalue weighted by Gasteiger charge is -2.27. The van der Waals surface area contributed by atoms with Crippen molar-refractivity contribution in [3.05, 3.63) is 12.2 Å². The topological polar surface area (TPSA) is 110 Å². The van der Waals surface area contributed by atoms with Crippen LogP contribution in [0.4, 0.5) is 0 Å². The van der Waals surface area contributed by atoms with Crippen LogP contribution in [0, 0.1) is 0 Å². The summed E-state index contributed by atoms with van der Waals surface area (Å²) in [6.45, 7) is 4.06. The molecule has 5 N–H and O–H groups in total. The van der Waals surface area contributed by atoms with Crippen molar-refractivity contribution >= 4 is 5.91 Å². The van der Waals surface area contributed by atoms with E-state index in [1.54, 1.807) is 0 Å². The highest BCUT2D eigenvalue weighted by atomic mass is 16.3. The molecule has 0 aromatic rings. The summed E-state index contributed by atoms with van der Waals surface area (Å²) in [7, 11) is 0. The zero-order valence-electron chi connectivity index (χ0n) is 39.8. The van der Waals surface area contributed by atoms with Crippen molar-refractivity contribution in [3.63, 3.8) is 0 Å². The third-order valence-corrected chi connectivity index (χ3v) is 12.7. The van der Waals surface area contributed by atoms with E-state index in [0.717, 1.165) is 38.5 Å². The second kappa shape index (κ2) is 48.1. The summed E-state index contributed by atoms with van der Waals surface area (Å²) in [5.41, 5.74) is 0. The number of carbonyl (C=O) groups is 1. The third-order valence-electron chi connectivity index (χ3n) is 12.7. The van der Waals surface area contributed by atoms with Crippen molar-refractivity contribution in [1.82, 2.24) is 5.32 Å². The predicted octanol–water partition coefficient (Wildman–Crippen LogP) is 14.9. The van der Waals surface area contributed by atoms with Crippen LogP contribution >= 0.6 is 0 Å². The van der Waals surface area contributed by atoms with Crippen LogP contribution in [-0.2, 0) is 4.79 Å². The van der Waals surface area contributed by atoms with Crippen molar-refractivity contribution in [2.24, 2.45) is 0 Å². The molecule has 0 aliphatic carbocycles. The number of aliphatic hydroxyl groups excluding tert-OH is 4. The molecule has 0 aromatic heterocycles. The van der Waals surface area contributed by atoms with Crippen LogP contribution in [0.3, 0.4) is 0 Å². The number of nitrogens with one attached hydrogen (secondary N) is 1. The first-order chi connectivity index (χ1) is 29.0. The number of unbranched alkanes of at least 4 members (excludes halogenated alkanes) is 38. The van der Waals surface area contributed by atoms with E-state index >= 15 is 0 Å². The van der Waals surface area contributed by atoms with Crippen LogP contribution in [0.1, 0.15) is 290 Å². The molecule has 6 heteroatoms. The fourth-order valence-corrected chi connectivity index (χ4v) is 8.53. The molecule has 0 saturated heterocycles. The van der Waals surface area contributed by atoms with Gasteiger partial charge in [0, 0.05) is 0 Å². The van der Waals surface area contributed by atoms with Gasteiger partial charge in [0.1, 0.15) is 12.2 Å². The standard InChI is InChI=1S/C53H105NO5/c1-3-5-7-9-11-13-15-17-18-19-20-21-22-23-24-25-26-27-28-29-30-31-32-33-35-37-39-41-43-45-47-51(57)53(59)54-49(48-55)52(58)50(56)46-44-42-40-38-36-34-16-14-12-10-8-6-4-2/h38,40,49-52,55-58H,3-37,39,41-48H2,1-2H3,(H,54,59)/b40-38+. The summed E-state index contributed by atoms with van der Waals surface area (Å²) in [5, 5.41) is 43.7. The normalized spacial score (nSPS) is 13.9. The SMILES string of the molecule is CCCCCCCCCC/C=C/CCCC(O)C(O)C(CO)NC(=O)C(O)CCCCCCCCCCCCCCCCCCCCCCCCCCCCCCCC. The van der Waals surface area contributed by atoms with Crippen LogP contribution in [-0.4, -0.2) is 57.3 Å². The second-order valence-corrected chi connectivity index (χ2v) is 18.6. The van der Waals surface area contributed by atoms with Crippen molar-refractivity contribution in [2.75, 3.05) is 6.61 Å². The lowest BCUT2D eigenvalue weighted by Crippen LogP contribution is -2.53. The molecule has 1 amide bonds. The second-order valence-electron chi connectivity index (χ2n) is 18.6. The summed E-state index contributed by atoms with van der Waals surface area (Å²) in [6.07, 6.45) is 55.7. The average Bonchev–Trinajstić information content (AvgIpc) is 3.24. The zero-order chi connectivity index (χ0) is 43.1. The molecule has 0 aliphatic rings. The summed E-state index contributed by atoms with van der Waals surface area (Å²) < 4.78 is 0. The highest BCUT2D eigenvalue weighted by molar-refractivity contribution is 5.80. The molecule has 0 spiro atoms.